The van der Waals surface area contributed by atoms with Gasteiger partial charge in [-0.05, 0) is 6.42 Å². The fraction of sp³-hybridized carbons (Fsp3) is 0.391. The quantitative estimate of drug-likeness (QED) is 0.571. The van der Waals surface area contributed by atoms with Crippen molar-refractivity contribution in [2.75, 3.05) is 5.32 Å². The topological polar surface area (TPSA) is 136 Å². The van der Waals surface area contributed by atoms with E-state index in [1.54, 1.807) is 6.20 Å². The number of hydrogen-bond donors (Lipinski definition) is 1. The van der Waals surface area contributed by atoms with Crippen LogP contribution in [-0.4, -0.2) is 42.5 Å². The lowest BCUT2D eigenvalue weighted by Gasteiger charge is -2.17. The van der Waals surface area contributed by atoms with E-state index < -0.39 is 0 Å². The molecule has 0 saturated heterocycles. The Kier molecular flexibility index (Phi) is 5.27. The summed E-state index contributed by atoms with van der Waals surface area (Å²) in [7, 11) is 0. The number of amides is 1. The number of nitrogens with one attached hydrogen (secondary N) is 1. The molecule has 0 unspecified atom stereocenters. The molecule has 5 rings (SSSR count). The molecule has 0 aliphatic carbocycles. The predicted octanol–water partition coefficient (Wildman–Crippen LogP) is 3.32. The molecular formula is C23H23N7O3. The smallest absolute Gasteiger partial charge is 0.225 e. The first kappa shape index (κ1) is 21.0. The van der Waals surface area contributed by atoms with Crippen LogP contribution in [0, 0.1) is 0 Å². The third-order valence-corrected chi connectivity index (χ3v) is 5.84. The Morgan fingerprint density at radius 3 is 2.85 bits per heavy atom. The van der Waals surface area contributed by atoms with Gasteiger partial charge in [-0.1, -0.05) is 25.9 Å². The molecule has 33 heavy (non-hydrogen) atoms. The van der Waals surface area contributed by atoms with E-state index in [4.69, 9.17) is 4.52 Å². The van der Waals surface area contributed by atoms with Crippen LogP contribution in [0.25, 0.3) is 0 Å². The van der Waals surface area contributed by atoms with Gasteiger partial charge in [-0.2, -0.15) is 0 Å². The van der Waals surface area contributed by atoms with Gasteiger partial charge in [-0.15, -0.1) is 0 Å². The Morgan fingerprint density at radius 2 is 2.03 bits per heavy atom. The number of rotatable bonds is 6. The highest BCUT2D eigenvalue weighted by Gasteiger charge is 2.27. The number of fused-ring (bicyclic) bond motifs is 2. The van der Waals surface area contributed by atoms with E-state index in [-0.39, 0.29) is 29.9 Å². The normalized spacial score (nSPS) is 15.6. The highest BCUT2D eigenvalue weighted by molar-refractivity contribution is 6.04. The lowest BCUT2D eigenvalue weighted by Crippen LogP contribution is -2.23. The summed E-state index contributed by atoms with van der Waals surface area (Å²) in [5, 5.41) is 6.88. The van der Waals surface area contributed by atoms with Gasteiger partial charge < -0.3 is 9.84 Å². The van der Waals surface area contributed by atoms with Crippen LogP contribution in [0.4, 0.5) is 11.5 Å². The molecule has 3 aromatic rings. The van der Waals surface area contributed by atoms with Crippen molar-refractivity contribution in [2.24, 2.45) is 4.99 Å². The van der Waals surface area contributed by atoms with Crippen molar-refractivity contribution >= 4 is 28.9 Å². The first-order valence-corrected chi connectivity index (χ1v) is 11.0. The second-order valence-corrected chi connectivity index (χ2v) is 8.69. The molecular weight excluding hydrogens is 422 g/mol. The number of aliphatic imine (C=N–C) groups is 1. The van der Waals surface area contributed by atoms with Crippen molar-refractivity contribution in [1.82, 2.24) is 25.1 Å². The molecule has 10 nitrogen and oxygen atoms in total. The standard InChI is InChI=1S/C23H23N7O3/c1-11(2)22-24-9-17-15(28-22)7-14(27-17)16-8-19(33-30-16)12(3)6-18(31)21-13-4-5-20(32)29-23(13)26-10-25-21/h8-12H,4-7H2,1-3H3,(H,25,26,29,32)/t12-/m0/s1. The van der Waals surface area contributed by atoms with Crippen LogP contribution < -0.4 is 5.32 Å². The largest absolute Gasteiger partial charge is 0.360 e. The number of aromatic nitrogens is 5. The minimum absolute atomic E-state index is 0.106. The monoisotopic (exact) mass is 445 g/mol. The maximum Gasteiger partial charge on any atom is 0.225 e. The molecule has 3 aromatic heterocycles. The first-order chi connectivity index (χ1) is 15.9. The first-order valence-electron chi connectivity index (χ1n) is 11.0. The second kappa shape index (κ2) is 8.27. The van der Waals surface area contributed by atoms with E-state index >= 15 is 0 Å². The summed E-state index contributed by atoms with van der Waals surface area (Å²) in [6.07, 6.45) is 4.58. The Balaban J connectivity index is 1.30. The van der Waals surface area contributed by atoms with Crippen molar-refractivity contribution in [3.05, 3.63) is 52.8 Å². The number of anilines is 1. The van der Waals surface area contributed by atoms with E-state index in [9.17, 15) is 9.59 Å². The van der Waals surface area contributed by atoms with E-state index in [0.29, 0.717) is 47.8 Å². The summed E-state index contributed by atoms with van der Waals surface area (Å²) >= 11 is 0. The van der Waals surface area contributed by atoms with Crippen LogP contribution >= 0.6 is 0 Å². The van der Waals surface area contributed by atoms with E-state index in [1.807, 2.05) is 13.0 Å². The van der Waals surface area contributed by atoms with Gasteiger partial charge in [-0.25, -0.2) is 24.9 Å². The summed E-state index contributed by atoms with van der Waals surface area (Å²) in [6.45, 7) is 6.01. The number of nitrogens with zero attached hydrogens (tertiary/aromatic N) is 6. The van der Waals surface area contributed by atoms with Gasteiger partial charge in [0.25, 0.3) is 0 Å². The van der Waals surface area contributed by atoms with Crippen molar-refractivity contribution in [3.8, 4) is 0 Å². The number of hydrogen-bond acceptors (Lipinski definition) is 9. The van der Waals surface area contributed by atoms with E-state index in [1.165, 1.54) is 6.33 Å². The summed E-state index contributed by atoms with van der Waals surface area (Å²) in [6, 6.07) is 1.83. The Hall–Kier alpha value is -3.82. The van der Waals surface area contributed by atoms with Gasteiger partial charge in [0, 0.05) is 42.7 Å². The zero-order chi connectivity index (χ0) is 23.1. The fourth-order valence-electron chi connectivity index (χ4n) is 3.98. The fourth-order valence-corrected chi connectivity index (χ4v) is 3.98. The Bertz CT molecular complexity index is 1290. The van der Waals surface area contributed by atoms with Gasteiger partial charge in [0.15, 0.2) is 5.78 Å². The van der Waals surface area contributed by atoms with Gasteiger partial charge in [-0.3, -0.25) is 9.59 Å². The molecule has 2 aliphatic heterocycles. The van der Waals surface area contributed by atoms with E-state index in [2.05, 4.69) is 49.2 Å². The zero-order valence-electron chi connectivity index (χ0n) is 18.6. The average Bonchev–Trinajstić information content (AvgIpc) is 3.45. The van der Waals surface area contributed by atoms with Crippen molar-refractivity contribution in [1.29, 1.82) is 0 Å². The molecule has 0 aromatic carbocycles. The predicted molar refractivity (Wildman–Crippen MR) is 119 cm³/mol. The van der Waals surface area contributed by atoms with E-state index in [0.717, 1.165) is 22.9 Å². The third-order valence-electron chi connectivity index (χ3n) is 5.84. The molecule has 1 atom stereocenters. The lowest BCUT2D eigenvalue weighted by molar-refractivity contribution is -0.116. The molecule has 1 amide bonds. The molecule has 0 spiro atoms. The molecule has 168 valence electrons. The summed E-state index contributed by atoms with van der Waals surface area (Å²) in [5.74, 6) is 1.61. The molecule has 0 bridgehead atoms. The highest BCUT2D eigenvalue weighted by atomic mass is 16.5. The molecule has 0 fully saturated rings. The second-order valence-electron chi connectivity index (χ2n) is 8.69. The molecule has 0 saturated carbocycles. The Labute approximate surface area is 190 Å². The third kappa shape index (κ3) is 4.04. The highest BCUT2D eigenvalue weighted by Crippen LogP contribution is 2.30. The van der Waals surface area contributed by atoms with Crippen LogP contribution in [0.15, 0.2) is 28.1 Å². The molecule has 10 heteroatoms. The number of ketones is 1. The molecule has 1 N–H and O–H groups in total. The molecule has 2 aliphatic rings. The summed E-state index contributed by atoms with van der Waals surface area (Å²) < 4.78 is 5.55. The van der Waals surface area contributed by atoms with Crippen molar-refractivity contribution in [2.45, 2.75) is 58.3 Å². The zero-order valence-corrected chi connectivity index (χ0v) is 18.6. The minimum Gasteiger partial charge on any atom is -0.360 e. The van der Waals surface area contributed by atoms with Gasteiger partial charge in [0.2, 0.25) is 5.91 Å². The lowest BCUT2D eigenvalue weighted by atomic mass is 9.95. The van der Waals surface area contributed by atoms with Crippen LogP contribution in [0.2, 0.25) is 0 Å². The maximum atomic E-state index is 13.0. The number of carbonyl (C=O) groups excluding carboxylic acids is 2. The van der Waals surface area contributed by atoms with Gasteiger partial charge >= 0.3 is 0 Å². The summed E-state index contributed by atoms with van der Waals surface area (Å²) in [5.41, 5.74) is 4.08. The van der Waals surface area contributed by atoms with Crippen LogP contribution in [0.5, 0.6) is 0 Å². The number of carbonyl (C=O) groups is 2. The SMILES string of the molecule is CC(C)c1ncc2c(n1)CC(c1cc([C@@H](C)CC(=O)c3ncnc4c3CCC(=O)N4)on1)=N2. The maximum absolute atomic E-state index is 13.0. The van der Waals surface area contributed by atoms with Crippen LogP contribution in [0.1, 0.15) is 84.5 Å². The average molecular weight is 445 g/mol. The summed E-state index contributed by atoms with van der Waals surface area (Å²) in [4.78, 5) is 46.4. The van der Waals surface area contributed by atoms with Crippen LogP contribution in [-0.2, 0) is 17.6 Å². The Morgan fingerprint density at radius 1 is 1.18 bits per heavy atom. The van der Waals surface area contributed by atoms with Crippen molar-refractivity contribution < 1.29 is 14.1 Å². The minimum atomic E-state index is -0.209. The molecule has 0 radical (unpaired) electrons. The van der Waals surface area contributed by atoms with Crippen LogP contribution in [0.3, 0.4) is 0 Å². The van der Waals surface area contributed by atoms with Gasteiger partial charge in [0.05, 0.1) is 17.6 Å². The molecule has 5 heterocycles. The van der Waals surface area contributed by atoms with Gasteiger partial charge in [0.1, 0.15) is 40.8 Å². The number of Topliss-reactive ketones (excluding diaryl/α,β-unsaturated/α-hetero) is 1. The van der Waals surface area contributed by atoms with Crippen molar-refractivity contribution in [3.63, 3.8) is 0 Å².